The molecule has 3 nitrogen and oxygen atoms in total. The van der Waals surface area contributed by atoms with Crippen LogP contribution in [-0.2, 0) is 0 Å². The molecule has 0 amide bonds. The molecule has 0 heterocycles. The van der Waals surface area contributed by atoms with Crippen LogP contribution in [0.4, 0.5) is 0 Å². The van der Waals surface area contributed by atoms with Gasteiger partial charge in [0.1, 0.15) is 0 Å². The van der Waals surface area contributed by atoms with E-state index in [1.165, 1.54) is 0 Å². The minimum Gasteiger partial charge on any atom is -0.289 e. The van der Waals surface area contributed by atoms with Crippen molar-refractivity contribution >= 4 is 49.7 Å². The van der Waals surface area contributed by atoms with Gasteiger partial charge in [-0.15, -0.1) is 0 Å². The van der Waals surface area contributed by atoms with E-state index in [0.29, 0.717) is 22.1 Å². The molecule has 0 atom stereocenters. The van der Waals surface area contributed by atoms with Crippen molar-refractivity contribution in [3.8, 4) is 0 Å². The molecule has 0 aliphatic carbocycles. The first-order valence-corrected chi connectivity index (χ1v) is 13.8. The lowest BCUT2D eigenvalue weighted by atomic mass is 9.80. The second-order valence-electron chi connectivity index (χ2n) is 10.3. The fraction of sp³-hybridized carbons (Fsp3) is 0. The summed E-state index contributed by atoms with van der Waals surface area (Å²) in [6, 6.07) is 44.5. The van der Waals surface area contributed by atoms with E-state index in [1.807, 2.05) is 66.7 Å². The number of carbonyl (C=O) groups is 3. The maximum atomic E-state index is 14.6. The van der Waals surface area contributed by atoms with Crippen LogP contribution in [0.5, 0.6) is 0 Å². The zero-order chi connectivity index (χ0) is 28.6. The Balaban J connectivity index is 1.72. The molecule has 0 aromatic heterocycles. The van der Waals surface area contributed by atoms with Crippen molar-refractivity contribution in [2.75, 3.05) is 0 Å². The number of carbonyl (C=O) groups excluding carboxylic acids is 3. The number of hydrogen-bond donors (Lipinski definition) is 0. The summed E-state index contributed by atoms with van der Waals surface area (Å²) < 4.78 is 0. The first kappa shape index (κ1) is 25.3. The minimum absolute atomic E-state index is 0.122. The molecule has 0 saturated heterocycles. The largest absolute Gasteiger partial charge is 0.289 e. The summed E-state index contributed by atoms with van der Waals surface area (Å²) in [6.45, 7) is 0. The molecule has 7 aromatic carbocycles. The summed E-state index contributed by atoms with van der Waals surface area (Å²) in [5.41, 5.74) is 1.88. The summed E-state index contributed by atoms with van der Waals surface area (Å²) in [5, 5.41) is 5.18. The van der Waals surface area contributed by atoms with Crippen LogP contribution in [0.15, 0.2) is 146 Å². The highest BCUT2D eigenvalue weighted by Gasteiger charge is 2.30. The van der Waals surface area contributed by atoms with Crippen molar-refractivity contribution in [1.82, 2.24) is 0 Å². The second kappa shape index (κ2) is 10.4. The highest BCUT2D eigenvalue weighted by atomic mass is 16.1. The topological polar surface area (TPSA) is 51.2 Å². The van der Waals surface area contributed by atoms with Gasteiger partial charge in [0.05, 0.1) is 0 Å². The maximum absolute atomic E-state index is 14.6. The number of benzene rings is 7. The van der Waals surface area contributed by atoms with Gasteiger partial charge >= 0.3 is 0 Å². The van der Waals surface area contributed by atoms with Crippen LogP contribution >= 0.6 is 0 Å². The van der Waals surface area contributed by atoms with Gasteiger partial charge in [0.2, 0.25) is 0 Å². The third kappa shape index (κ3) is 4.11. The third-order valence-corrected chi connectivity index (χ3v) is 7.84. The van der Waals surface area contributed by atoms with Gasteiger partial charge in [-0.3, -0.25) is 14.4 Å². The Morgan fingerprint density at radius 1 is 0.333 bits per heavy atom. The van der Waals surface area contributed by atoms with Gasteiger partial charge < -0.3 is 0 Å². The van der Waals surface area contributed by atoms with Gasteiger partial charge in [0, 0.05) is 38.8 Å². The molecule has 0 spiro atoms. The Kier molecular flexibility index (Phi) is 6.26. The van der Waals surface area contributed by atoms with Crippen molar-refractivity contribution < 1.29 is 14.4 Å². The average molecular weight is 541 g/mol. The molecule has 0 N–H and O–H groups in total. The van der Waals surface area contributed by atoms with E-state index >= 15 is 0 Å². The smallest absolute Gasteiger partial charge is 0.194 e. The summed E-state index contributed by atoms with van der Waals surface area (Å²) in [7, 11) is 0. The number of ketones is 3. The number of fused-ring (bicyclic) bond motifs is 6. The van der Waals surface area contributed by atoms with Crippen LogP contribution in [0.25, 0.3) is 32.3 Å². The van der Waals surface area contributed by atoms with Gasteiger partial charge in [0.25, 0.3) is 0 Å². The molecule has 0 unspecified atom stereocenters. The predicted octanol–water partition coefficient (Wildman–Crippen LogP) is 8.84. The van der Waals surface area contributed by atoms with Gasteiger partial charge in [-0.1, -0.05) is 140 Å². The Labute approximate surface area is 242 Å². The monoisotopic (exact) mass is 540 g/mol. The molecule has 0 aliphatic rings. The normalized spacial score (nSPS) is 11.1. The maximum Gasteiger partial charge on any atom is 0.194 e. The third-order valence-electron chi connectivity index (χ3n) is 7.84. The van der Waals surface area contributed by atoms with E-state index < -0.39 is 0 Å². The standard InChI is InChI=1S/C39H24O3/c40-37(25-14-4-1-5-15-25)33-24-32-30-22-11-10-20-28(30)29-21-12-13-23-31(29)34(32)36(39(42)27-18-8-3-9-19-27)35(33)38(41)26-16-6-2-7-17-26/h1-24H. The molecule has 3 heteroatoms. The molecular formula is C39H24O3. The van der Waals surface area contributed by atoms with E-state index in [0.717, 1.165) is 26.9 Å². The van der Waals surface area contributed by atoms with E-state index in [9.17, 15) is 14.4 Å². The zero-order valence-corrected chi connectivity index (χ0v) is 22.6. The Hall–Kier alpha value is -5.67. The Bertz CT molecular complexity index is 2160. The van der Waals surface area contributed by atoms with Gasteiger partial charge in [-0.05, 0) is 33.0 Å². The first-order chi connectivity index (χ1) is 20.6. The van der Waals surface area contributed by atoms with Crippen LogP contribution in [0, 0.1) is 0 Å². The lowest BCUT2D eigenvalue weighted by Gasteiger charge is -2.20. The minimum atomic E-state index is -0.367. The van der Waals surface area contributed by atoms with E-state index in [1.54, 1.807) is 72.8 Å². The zero-order valence-electron chi connectivity index (χ0n) is 22.6. The molecule has 198 valence electrons. The van der Waals surface area contributed by atoms with Crippen molar-refractivity contribution in [3.63, 3.8) is 0 Å². The van der Waals surface area contributed by atoms with Crippen LogP contribution in [0.3, 0.4) is 0 Å². The van der Waals surface area contributed by atoms with E-state index in [4.69, 9.17) is 0 Å². The molecule has 42 heavy (non-hydrogen) atoms. The fourth-order valence-electron chi connectivity index (χ4n) is 5.92. The molecule has 0 aliphatic heterocycles. The van der Waals surface area contributed by atoms with Gasteiger partial charge in [-0.2, -0.15) is 0 Å². The molecule has 0 bridgehead atoms. The van der Waals surface area contributed by atoms with Crippen molar-refractivity contribution in [3.05, 3.63) is 179 Å². The molecular weight excluding hydrogens is 516 g/mol. The first-order valence-electron chi connectivity index (χ1n) is 13.8. The molecule has 0 radical (unpaired) electrons. The van der Waals surface area contributed by atoms with Crippen LogP contribution in [0.2, 0.25) is 0 Å². The van der Waals surface area contributed by atoms with Gasteiger partial charge in [0.15, 0.2) is 17.3 Å². The Morgan fingerprint density at radius 2 is 0.690 bits per heavy atom. The average Bonchev–Trinajstić information content (AvgIpc) is 3.07. The lowest BCUT2D eigenvalue weighted by Crippen LogP contribution is -2.18. The van der Waals surface area contributed by atoms with Crippen molar-refractivity contribution in [2.45, 2.75) is 0 Å². The predicted molar refractivity (Wildman–Crippen MR) is 169 cm³/mol. The summed E-state index contributed by atoms with van der Waals surface area (Å²) in [4.78, 5) is 43.4. The van der Waals surface area contributed by atoms with E-state index in [2.05, 4.69) is 6.07 Å². The lowest BCUT2D eigenvalue weighted by molar-refractivity contribution is 0.0992. The summed E-state index contributed by atoms with van der Waals surface area (Å²) in [5.74, 6) is -0.979. The summed E-state index contributed by atoms with van der Waals surface area (Å²) in [6.07, 6.45) is 0. The second-order valence-corrected chi connectivity index (χ2v) is 10.3. The van der Waals surface area contributed by atoms with Crippen molar-refractivity contribution in [1.29, 1.82) is 0 Å². The quantitative estimate of drug-likeness (QED) is 0.156. The van der Waals surface area contributed by atoms with Crippen LogP contribution in [-0.4, -0.2) is 17.3 Å². The van der Waals surface area contributed by atoms with Crippen LogP contribution < -0.4 is 0 Å². The van der Waals surface area contributed by atoms with E-state index in [-0.39, 0.29) is 34.0 Å². The van der Waals surface area contributed by atoms with Crippen LogP contribution in [0.1, 0.15) is 47.8 Å². The number of hydrogen-bond acceptors (Lipinski definition) is 3. The molecule has 7 aromatic rings. The molecule has 7 rings (SSSR count). The SMILES string of the molecule is O=C(c1ccccc1)c1cc2c3ccccc3c3ccccc3c2c(C(=O)c2ccccc2)c1C(=O)c1ccccc1. The highest BCUT2D eigenvalue weighted by molar-refractivity contribution is 6.36. The number of rotatable bonds is 6. The summed E-state index contributed by atoms with van der Waals surface area (Å²) >= 11 is 0. The van der Waals surface area contributed by atoms with Crippen molar-refractivity contribution in [2.24, 2.45) is 0 Å². The van der Waals surface area contributed by atoms with Gasteiger partial charge in [-0.25, -0.2) is 0 Å². The highest BCUT2D eigenvalue weighted by Crippen LogP contribution is 2.41. The Morgan fingerprint density at radius 3 is 1.19 bits per heavy atom. The molecule has 0 saturated carbocycles. The fourth-order valence-corrected chi connectivity index (χ4v) is 5.92. The molecule has 0 fully saturated rings.